The molecule has 0 heterocycles. The molecule has 0 bridgehead atoms. The summed E-state index contributed by atoms with van der Waals surface area (Å²) in [6.07, 6.45) is 1.46. The van der Waals surface area contributed by atoms with Crippen LogP contribution in [0.4, 0.5) is 8.78 Å². The highest BCUT2D eigenvalue weighted by atomic mass is 35.5. The molecule has 0 amide bonds. The van der Waals surface area contributed by atoms with Crippen molar-refractivity contribution in [3.8, 4) is 23.0 Å². The maximum atomic E-state index is 14.2. The summed E-state index contributed by atoms with van der Waals surface area (Å²) in [5.41, 5.74) is 0.217. The quantitative estimate of drug-likeness (QED) is 0.308. The van der Waals surface area contributed by atoms with Gasteiger partial charge in [0.2, 0.25) is 0 Å². The second kappa shape index (κ2) is 10.9. The van der Waals surface area contributed by atoms with Crippen molar-refractivity contribution < 1.29 is 23.0 Å². The monoisotopic (exact) mass is 504 g/mol. The van der Waals surface area contributed by atoms with Gasteiger partial charge in [-0.15, -0.1) is 0 Å². The molecule has 0 atom stereocenters. The average Bonchev–Trinajstić information content (AvgIpc) is 2.71. The van der Waals surface area contributed by atoms with Gasteiger partial charge < -0.3 is 14.2 Å². The smallest absolute Gasteiger partial charge is 0.157 e. The van der Waals surface area contributed by atoms with Crippen LogP contribution < -0.4 is 14.2 Å². The molecule has 3 rings (SSSR count). The van der Waals surface area contributed by atoms with Crippen LogP contribution in [0.3, 0.4) is 0 Å². The predicted octanol–water partition coefficient (Wildman–Crippen LogP) is 8.34. The minimum absolute atomic E-state index is 0.0739. The second-order valence-electron chi connectivity index (χ2n) is 6.12. The van der Waals surface area contributed by atoms with Crippen LogP contribution in [-0.4, -0.2) is 6.61 Å². The maximum Gasteiger partial charge on any atom is 0.157 e. The van der Waals surface area contributed by atoms with E-state index in [9.17, 15) is 8.78 Å². The molecule has 0 radical (unpaired) electrons. The first-order chi connectivity index (χ1) is 14.8. The molecule has 0 aromatic heterocycles. The third-order valence-corrected chi connectivity index (χ3v) is 4.77. The molecule has 0 fully saturated rings. The molecule has 0 aliphatic carbocycles. The molecule has 0 N–H and O–H groups in total. The molecular formula is C22H14Cl4F2O3. The molecule has 3 nitrogen and oxygen atoms in total. The molecule has 0 saturated carbocycles. The first-order valence-electron chi connectivity index (χ1n) is 8.79. The standard InChI is InChI=1S/C22H14Cl4F2O3/c23-18-10-17(29-8-7-21(25)26)11-19(24)22(18)30-12-13-9-16(5-6-20(13)28)31-15-3-1-14(27)2-4-15/h1-7,9-11H,8,12H2. The fourth-order valence-corrected chi connectivity index (χ4v) is 3.17. The Bertz CT molecular complexity index is 1060. The second-order valence-corrected chi connectivity index (χ2v) is 7.94. The van der Waals surface area contributed by atoms with Crippen LogP contribution in [0.15, 0.2) is 65.2 Å². The zero-order chi connectivity index (χ0) is 22.4. The third-order valence-electron chi connectivity index (χ3n) is 3.90. The van der Waals surface area contributed by atoms with Crippen LogP contribution in [0.2, 0.25) is 10.0 Å². The lowest BCUT2D eigenvalue weighted by molar-refractivity contribution is 0.298. The molecule has 0 saturated heterocycles. The van der Waals surface area contributed by atoms with E-state index >= 15 is 0 Å². The Kier molecular flexibility index (Phi) is 8.27. The Balaban J connectivity index is 1.70. The summed E-state index contributed by atoms with van der Waals surface area (Å²) in [5, 5.41) is 0.366. The van der Waals surface area contributed by atoms with E-state index in [0.717, 1.165) is 0 Å². The lowest BCUT2D eigenvalue weighted by atomic mass is 10.2. The molecule has 162 valence electrons. The Morgan fingerprint density at radius 3 is 2.10 bits per heavy atom. The van der Waals surface area contributed by atoms with Gasteiger partial charge in [-0.2, -0.15) is 0 Å². The van der Waals surface area contributed by atoms with Crippen molar-refractivity contribution in [2.75, 3.05) is 6.61 Å². The van der Waals surface area contributed by atoms with Gasteiger partial charge in [-0.25, -0.2) is 8.78 Å². The Hall–Kier alpha value is -2.18. The van der Waals surface area contributed by atoms with Gasteiger partial charge in [-0.05, 0) is 48.5 Å². The number of ether oxygens (including phenoxy) is 3. The molecular weight excluding hydrogens is 492 g/mol. The lowest BCUT2D eigenvalue weighted by Crippen LogP contribution is -2.01. The number of hydrogen-bond acceptors (Lipinski definition) is 3. The molecule has 0 spiro atoms. The van der Waals surface area contributed by atoms with E-state index in [1.54, 1.807) is 0 Å². The van der Waals surface area contributed by atoms with Gasteiger partial charge in [0.15, 0.2) is 5.75 Å². The van der Waals surface area contributed by atoms with E-state index in [2.05, 4.69) is 0 Å². The van der Waals surface area contributed by atoms with Crippen LogP contribution >= 0.6 is 46.4 Å². The van der Waals surface area contributed by atoms with E-state index in [4.69, 9.17) is 60.6 Å². The van der Waals surface area contributed by atoms with Crippen molar-refractivity contribution in [3.05, 3.63) is 92.4 Å². The van der Waals surface area contributed by atoms with E-state index in [-0.39, 0.29) is 44.9 Å². The number of rotatable bonds is 8. The van der Waals surface area contributed by atoms with E-state index in [0.29, 0.717) is 17.2 Å². The fourth-order valence-electron chi connectivity index (χ4n) is 2.47. The highest BCUT2D eigenvalue weighted by Gasteiger charge is 2.13. The summed E-state index contributed by atoms with van der Waals surface area (Å²) in [4.78, 5) is 0. The van der Waals surface area contributed by atoms with Gasteiger partial charge in [0.25, 0.3) is 0 Å². The predicted molar refractivity (Wildman–Crippen MR) is 119 cm³/mol. The number of hydrogen-bond donors (Lipinski definition) is 0. The molecule has 0 aliphatic rings. The molecule has 31 heavy (non-hydrogen) atoms. The summed E-state index contributed by atoms with van der Waals surface area (Å²) >= 11 is 23.5. The van der Waals surface area contributed by atoms with E-state index in [1.165, 1.54) is 60.7 Å². The minimum Gasteiger partial charge on any atom is -0.489 e. The Labute approximate surface area is 197 Å². The zero-order valence-corrected chi connectivity index (χ0v) is 18.7. The first-order valence-corrected chi connectivity index (χ1v) is 10.3. The van der Waals surface area contributed by atoms with Crippen molar-refractivity contribution in [2.24, 2.45) is 0 Å². The fraction of sp³-hybridized carbons (Fsp3) is 0.0909. The summed E-state index contributed by atoms with van der Waals surface area (Å²) in [6, 6.07) is 12.6. The van der Waals surface area contributed by atoms with Gasteiger partial charge in [-0.1, -0.05) is 46.4 Å². The van der Waals surface area contributed by atoms with Crippen molar-refractivity contribution in [1.29, 1.82) is 0 Å². The topological polar surface area (TPSA) is 27.7 Å². The highest BCUT2D eigenvalue weighted by Crippen LogP contribution is 2.37. The number of halogens is 6. The van der Waals surface area contributed by atoms with E-state index < -0.39 is 5.82 Å². The summed E-state index contributed by atoms with van der Waals surface area (Å²) in [6.45, 7) is -0.0298. The van der Waals surface area contributed by atoms with E-state index in [1.807, 2.05) is 0 Å². The van der Waals surface area contributed by atoms with Crippen molar-refractivity contribution >= 4 is 46.4 Å². The molecule has 3 aromatic carbocycles. The summed E-state index contributed by atoms with van der Waals surface area (Å²) < 4.78 is 44.0. The lowest BCUT2D eigenvalue weighted by Gasteiger charge is -2.13. The average molecular weight is 506 g/mol. The van der Waals surface area contributed by atoms with Crippen LogP contribution in [-0.2, 0) is 6.61 Å². The first kappa shape index (κ1) is 23.5. The van der Waals surface area contributed by atoms with Gasteiger partial charge >= 0.3 is 0 Å². The highest BCUT2D eigenvalue weighted by molar-refractivity contribution is 6.55. The van der Waals surface area contributed by atoms with Crippen LogP contribution in [0.1, 0.15) is 5.56 Å². The minimum atomic E-state index is -0.497. The molecule has 9 heteroatoms. The van der Waals surface area contributed by atoms with Crippen LogP contribution in [0, 0.1) is 11.6 Å². The van der Waals surface area contributed by atoms with Gasteiger partial charge in [0, 0.05) is 17.7 Å². The number of benzene rings is 3. The van der Waals surface area contributed by atoms with Gasteiger partial charge in [0.05, 0.1) is 10.0 Å². The van der Waals surface area contributed by atoms with Crippen LogP contribution in [0.5, 0.6) is 23.0 Å². The SMILES string of the molecule is Fc1ccc(Oc2ccc(F)c(COc3c(Cl)cc(OCC=C(Cl)Cl)cc3Cl)c2)cc1. The van der Waals surface area contributed by atoms with Gasteiger partial charge in [0.1, 0.15) is 46.6 Å². The van der Waals surface area contributed by atoms with Crippen molar-refractivity contribution in [2.45, 2.75) is 6.61 Å². The van der Waals surface area contributed by atoms with Gasteiger partial charge in [-0.3, -0.25) is 0 Å². The van der Waals surface area contributed by atoms with Crippen molar-refractivity contribution in [1.82, 2.24) is 0 Å². The molecule has 3 aromatic rings. The maximum absolute atomic E-state index is 14.2. The molecule has 0 unspecified atom stereocenters. The third kappa shape index (κ3) is 6.91. The Morgan fingerprint density at radius 1 is 0.806 bits per heavy atom. The Morgan fingerprint density at radius 2 is 1.45 bits per heavy atom. The van der Waals surface area contributed by atoms with Crippen LogP contribution in [0.25, 0.3) is 0 Å². The normalized spacial score (nSPS) is 10.5. The zero-order valence-electron chi connectivity index (χ0n) is 15.7. The summed E-state index contributed by atoms with van der Waals surface area (Å²) in [5.74, 6) is 0.443. The van der Waals surface area contributed by atoms with Crippen molar-refractivity contribution in [3.63, 3.8) is 0 Å². The summed E-state index contributed by atoms with van der Waals surface area (Å²) in [7, 11) is 0. The largest absolute Gasteiger partial charge is 0.489 e. The molecule has 0 aliphatic heterocycles.